The molecule has 2 aromatic carbocycles. The van der Waals surface area contributed by atoms with Crippen molar-refractivity contribution in [3.63, 3.8) is 0 Å². The van der Waals surface area contributed by atoms with Crippen molar-refractivity contribution >= 4 is 17.7 Å². The number of nitrogens with zero attached hydrogens (tertiary/aromatic N) is 2. The summed E-state index contributed by atoms with van der Waals surface area (Å²) >= 11 is 0. The van der Waals surface area contributed by atoms with Crippen molar-refractivity contribution in [2.24, 2.45) is 0 Å². The molecule has 1 aliphatic heterocycles. The van der Waals surface area contributed by atoms with E-state index < -0.39 is 40.9 Å². The van der Waals surface area contributed by atoms with Gasteiger partial charge in [0.05, 0.1) is 68.8 Å². The first kappa shape index (κ1) is 28.6. The van der Waals surface area contributed by atoms with Gasteiger partial charge in [-0.3, -0.25) is 15.0 Å². The molecule has 0 radical (unpaired) electrons. The molecular weight excluding hydrogens is 504 g/mol. The number of ether oxygens (including phenoxy) is 6. The largest absolute Gasteiger partial charge is 0.497 e. The number of aliphatic hydroxyl groups excluding tert-OH is 1. The van der Waals surface area contributed by atoms with Crippen LogP contribution in [0, 0.1) is 10.1 Å². The third-order valence-corrected chi connectivity index (χ3v) is 6.03. The van der Waals surface area contributed by atoms with Gasteiger partial charge in [0.15, 0.2) is 6.79 Å². The number of carbonyl (C=O) groups excluding carboxylic acids is 2. The summed E-state index contributed by atoms with van der Waals surface area (Å²) in [5.41, 5.74) is 0.364. The second-order valence-corrected chi connectivity index (χ2v) is 8.34. The lowest BCUT2D eigenvalue weighted by Crippen LogP contribution is -2.25. The van der Waals surface area contributed by atoms with Crippen LogP contribution in [0.4, 0.5) is 10.5 Å². The van der Waals surface area contributed by atoms with Crippen LogP contribution in [0.15, 0.2) is 36.4 Å². The molecule has 1 amide bonds. The maximum absolute atomic E-state index is 12.3. The molecule has 3 atom stereocenters. The molecule has 38 heavy (non-hydrogen) atoms. The number of hydrogen-bond donors (Lipinski definition) is 1. The fraction of sp³-hybridized carbons (Fsp3) is 0.440. The van der Waals surface area contributed by atoms with Crippen LogP contribution < -0.4 is 9.47 Å². The SMILES string of the molecule is COCOc1cc(C(=O)OC)cc([N+](=O)[O-])c1C[C@H](O)[C@@H]1[C@H](COCc2ccc(OC)cc2)N1C(=O)OC. The average Bonchev–Trinajstić information content (AvgIpc) is 3.65. The fourth-order valence-corrected chi connectivity index (χ4v) is 4.12. The molecular formula is C25H30N2O11. The van der Waals surface area contributed by atoms with Crippen LogP contribution in [-0.2, 0) is 32.0 Å². The van der Waals surface area contributed by atoms with E-state index in [9.17, 15) is 24.8 Å². The van der Waals surface area contributed by atoms with Gasteiger partial charge in [-0.05, 0) is 23.8 Å². The number of rotatable bonds is 13. The van der Waals surface area contributed by atoms with E-state index >= 15 is 0 Å². The minimum atomic E-state index is -1.24. The molecule has 1 N–H and O–H groups in total. The Labute approximate surface area is 218 Å². The van der Waals surface area contributed by atoms with Crippen LogP contribution in [-0.4, -0.2) is 87.0 Å². The Morgan fingerprint density at radius 1 is 1.11 bits per heavy atom. The van der Waals surface area contributed by atoms with Gasteiger partial charge < -0.3 is 33.5 Å². The van der Waals surface area contributed by atoms with Crippen LogP contribution in [0.25, 0.3) is 0 Å². The van der Waals surface area contributed by atoms with E-state index in [1.165, 1.54) is 25.2 Å². The topological polar surface area (TPSA) is 156 Å². The van der Waals surface area contributed by atoms with Crippen LogP contribution >= 0.6 is 0 Å². The first-order valence-corrected chi connectivity index (χ1v) is 11.5. The molecule has 1 aliphatic rings. The number of hydrogen-bond acceptors (Lipinski definition) is 11. The smallest absolute Gasteiger partial charge is 0.410 e. The molecule has 0 aromatic heterocycles. The average molecular weight is 535 g/mol. The fourth-order valence-electron chi connectivity index (χ4n) is 4.12. The maximum Gasteiger partial charge on any atom is 0.410 e. The molecule has 0 spiro atoms. The van der Waals surface area contributed by atoms with Gasteiger partial charge in [0.25, 0.3) is 5.69 Å². The molecule has 13 nitrogen and oxygen atoms in total. The molecule has 206 valence electrons. The number of benzene rings is 2. The van der Waals surface area contributed by atoms with E-state index in [1.54, 1.807) is 19.2 Å². The second kappa shape index (κ2) is 13.0. The number of amides is 1. The van der Waals surface area contributed by atoms with Crippen molar-refractivity contribution < 1.29 is 48.0 Å². The van der Waals surface area contributed by atoms with Gasteiger partial charge in [0.1, 0.15) is 11.5 Å². The Hall–Kier alpha value is -3.94. The highest BCUT2D eigenvalue weighted by Crippen LogP contribution is 2.38. The van der Waals surface area contributed by atoms with Gasteiger partial charge in [-0.1, -0.05) is 12.1 Å². The zero-order valence-corrected chi connectivity index (χ0v) is 21.4. The molecule has 1 fully saturated rings. The Balaban J connectivity index is 1.78. The van der Waals surface area contributed by atoms with E-state index in [-0.39, 0.29) is 43.3 Å². The Bertz CT molecular complexity index is 1140. The van der Waals surface area contributed by atoms with E-state index in [4.69, 9.17) is 23.7 Å². The predicted octanol–water partition coefficient (Wildman–Crippen LogP) is 2.31. The summed E-state index contributed by atoms with van der Waals surface area (Å²) in [6, 6.07) is 8.36. The van der Waals surface area contributed by atoms with Gasteiger partial charge in [-0.15, -0.1) is 0 Å². The van der Waals surface area contributed by atoms with Crippen LogP contribution in [0.5, 0.6) is 11.5 Å². The van der Waals surface area contributed by atoms with E-state index in [0.29, 0.717) is 5.75 Å². The van der Waals surface area contributed by atoms with Gasteiger partial charge in [-0.25, -0.2) is 9.59 Å². The van der Waals surface area contributed by atoms with Gasteiger partial charge in [-0.2, -0.15) is 0 Å². The van der Waals surface area contributed by atoms with Crippen molar-refractivity contribution in [1.82, 2.24) is 4.90 Å². The van der Waals surface area contributed by atoms with Crippen LogP contribution in [0.1, 0.15) is 21.5 Å². The minimum Gasteiger partial charge on any atom is -0.497 e. The van der Waals surface area contributed by atoms with Crippen molar-refractivity contribution in [3.05, 3.63) is 63.2 Å². The number of methoxy groups -OCH3 is 4. The Morgan fingerprint density at radius 2 is 1.82 bits per heavy atom. The number of nitro benzene ring substituents is 1. The lowest BCUT2D eigenvalue weighted by molar-refractivity contribution is -0.385. The highest BCUT2D eigenvalue weighted by atomic mass is 16.7. The molecule has 1 heterocycles. The van der Waals surface area contributed by atoms with Crippen LogP contribution in [0.2, 0.25) is 0 Å². The summed E-state index contributed by atoms with van der Waals surface area (Å²) in [6.07, 6.45) is -2.17. The first-order valence-electron chi connectivity index (χ1n) is 11.5. The van der Waals surface area contributed by atoms with Crippen molar-refractivity contribution in [2.45, 2.75) is 31.2 Å². The van der Waals surface area contributed by atoms with Crippen molar-refractivity contribution in [3.8, 4) is 11.5 Å². The summed E-state index contributed by atoms with van der Waals surface area (Å²) in [4.78, 5) is 36.8. The summed E-state index contributed by atoms with van der Waals surface area (Å²) in [6.45, 7) is 0.0947. The highest BCUT2D eigenvalue weighted by Gasteiger charge is 2.56. The summed E-state index contributed by atoms with van der Waals surface area (Å²) < 4.78 is 30.8. The van der Waals surface area contributed by atoms with E-state index in [2.05, 4.69) is 4.74 Å². The molecule has 13 heteroatoms. The summed E-state index contributed by atoms with van der Waals surface area (Å²) in [5.74, 6) is -0.118. The molecule has 2 aromatic rings. The number of esters is 1. The number of nitro groups is 1. The zero-order valence-electron chi connectivity index (χ0n) is 21.4. The minimum absolute atomic E-state index is 0.0295. The predicted molar refractivity (Wildman–Crippen MR) is 131 cm³/mol. The summed E-state index contributed by atoms with van der Waals surface area (Å²) in [5, 5.41) is 22.9. The maximum atomic E-state index is 12.3. The first-order chi connectivity index (χ1) is 18.2. The molecule has 0 saturated carbocycles. The Morgan fingerprint density at radius 3 is 2.39 bits per heavy atom. The molecule has 0 unspecified atom stereocenters. The van der Waals surface area contributed by atoms with E-state index in [1.807, 2.05) is 12.1 Å². The molecule has 0 aliphatic carbocycles. The lowest BCUT2D eigenvalue weighted by atomic mass is 9.99. The van der Waals surface area contributed by atoms with Gasteiger partial charge in [0.2, 0.25) is 0 Å². The molecule has 0 bridgehead atoms. The zero-order chi connectivity index (χ0) is 27.8. The monoisotopic (exact) mass is 534 g/mol. The van der Waals surface area contributed by atoms with Crippen molar-refractivity contribution in [2.75, 3.05) is 41.8 Å². The highest BCUT2D eigenvalue weighted by molar-refractivity contribution is 5.91. The van der Waals surface area contributed by atoms with E-state index in [0.717, 1.165) is 18.7 Å². The van der Waals surface area contributed by atoms with Crippen molar-refractivity contribution in [1.29, 1.82) is 0 Å². The summed E-state index contributed by atoms with van der Waals surface area (Å²) in [7, 11) is 5.29. The standard InChI is InChI=1S/C25H30N2O11/c1-33-14-38-22-10-16(24(29)35-3)9-19(27(31)32)18(22)11-21(28)23-20(26(23)25(30)36-4)13-37-12-15-5-7-17(34-2)8-6-15/h5-10,20-21,23,28H,11-14H2,1-4H3/t20-,21-,23-,26?/m0/s1. The van der Waals surface area contributed by atoms with Gasteiger partial charge in [0, 0.05) is 19.6 Å². The molecule has 1 saturated heterocycles. The third-order valence-electron chi connectivity index (χ3n) is 6.03. The lowest BCUT2D eigenvalue weighted by Gasteiger charge is -2.16. The number of carbonyl (C=O) groups is 2. The third kappa shape index (κ3) is 6.68. The Kier molecular flexibility index (Phi) is 9.82. The number of aliphatic hydroxyl groups is 1. The molecule has 3 rings (SSSR count). The quantitative estimate of drug-likeness (QED) is 0.132. The normalized spacial score (nSPS) is 16.9. The van der Waals surface area contributed by atoms with Crippen LogP contribution in [0.3, 0.4) is 0 Å². The second-order valence-electron chi connectivity index (χ2n) is 8.34. The van der Waals surface area contributed by atoms with Gasteiger partial charge >= 0.3 is 12.1 Å².